The minimum absolute atomic E-state index is 0.201. The lowest BCUT2D eigenvalue weighted by molar-refractivity contribution is -0.00315. The highest BCUT2D eigenvalue weighted by atomic mass is 127. The second-order valence-corrected chi connectivity index (χ2v) is 11.1. The molecule has 2 nitrogen and oxygen atoms in total. The number of benzene rings is 4. The normalized spacial score (nSPS) is 11.4. The highest BCUT2D eigenvalue weighted by Crippen LogP contribution is 2.33. The van der Waals surface area contributed by atoms with E-state index in [-0.39, 0.29) is 16.9 Å². The molecule has 0 heterocycles. The largest absolute Gasteiger partial charge is 0.451 e. The van der Waals surface area contributed by atoms with Crippen molar-refractivity contribution >= 4 is 39.5 Å². The van der Waals surface area contributed by atoms with Crippen LogP contribution in [-0.2, 0) is 21.2 Å². The Morgan fingerprint density at radius 2 is 1.16 bits per heavy atom. The van der Waals surface area contributed by atoms with Gasteiger partial charge in [0.1, 0.15) is 5.60 Å². The highest BCUT2D eigenvalue weighted by Gasteiger charge is 2.30. The average molecular weight is 551 g/mol. The highest BCUT2D eigenvalue weighted by molar-refractivity contribution is 14.1. The van der Waals surface area contributed by atoms with Gasteiger partial charge in [-0.1, -0.05) is 48.5 Å². The predicted molar refractivity (Wildman–Crippen MR) is 139 cm³/mol. The molecule has 0 N–H and O–H groups in total. The fraction of sp³-hybridized carbons (Fsp3) is 0.107. The van der Waals surface area contributed by atoms with E-state index in [0.717, 1.165) is 9.13 Å². The average Bonchev–Trinajstić information content (AvgIpc) is 2.81. The maximum atomic E-state index is 12.7. The fourth-order valence-corrected chi connectivity index (χ4v) is 5.89. The summed E-state index contributed by atoms with van der Waals surface area (Å²) in [5, 5.41) is 0. The van der Waals surface area contributed by atoms with Crippen LogP contribution in [0.2, 0.25) is 0 Å². The Labute approximate surface area is 206 Å². The molecule has 0 aromatic heterocycles. The number of carbonyl (C=O) groups excluding carboxylic acids is 1. The second kappa shape index (κ2) is 9.92. The van der Waals surface area contributed by atoms with Gasteiger partial charge in [-0.25, -0.2) is 4.79 Å². The smallest absolute Gasteiger partial charge is 0.338 e. The fourth-order valence-electron chi connectivity index (χ4n) is 3.45. The molecule has 4 aromatic rings. The van der Waals surface area contributed by atoms with Crippen molar-refractivity contribution < 1.29 is 9.53 Å². The third-order valence-corrected chi connectivity index (χ3v) is 8.12. The molecule has 0 atom stereocenters. The summed E-state index contributed by atoms with van der Waals surface area (Å²) in [6.07, 6.45) is 0. The zero-order valence-corrected chi connectivity index (χ0v) is 21.0. The van der Waals surface area contributed by atoms with Crippen LogP contribution in [-0.4, -0.2) is 5.97 Å². The quantitative estimate of drug-likeness (QED) is 0.141. The summed E-state index contributed by atoms with van der Waals surface area (Å²) in [6, 6.07) is 37.0. The van der Waals surface area contributed by atoms with Gasteiger partial charge in [0.05, 0.1) is 16.5 Å². The molecule has 0 bridgehead atoms. The van der Waals surface area contributed by atoms with E-state index in [1.54, 1.807) is 12.1 Å². The van der Waals surface area contributed by atoms with E-state index in [1.807, 2.05) is 38.1 Å². The van der Waals surface area contributed by atoms with Gasteiger partial charge < -0.3 is 4.74 Å². The standard InChI is InChI=1S/C28H24IO2S/c1-28(2,31-27(30)21-13-17-23(29)18-14-21)22-15-19-26(20-16-22)32(24-9-5-3-6-10-24)25-11-7-4-8-12-25/h3-20H,1-2H3/q+1. The Morgan fingerprint density at radius 3 is 1.66 bits per heavy atom. The maximum Gasteiger partial charge on any atom is 0.338 e. The molecule has 0 unspecified atom stereocenters. The molecular formula is C28H24IO2S+. The lowest BCUT2D eigenvalue weighted by atomic mass is 9.98. The van der Waals surface area contributed by atoms with Crippen LogP contribution in [0.15, 0.2) is 124 Å². The van der Waals surface area contributed by atoms with E-state index in [0.29, 0.717) is 5.56 Å². The number of halogens is 1. The van der Waals surface area contributed by atoms with Crippen LogP contribution in [0.4, 0.5) is 0 Å². The van der Waals surface area contributed by atoms with Crippen molar-refractivity contribution in [3.63, 3.8) is 0 Å². The maximum absolute atomic E-state index is 12.7. The first-order chi connectivity index (χ1) is 15.4. The summed E-state index contributed by atoms with van der Waals surface area (Å²) in [7, 11) is -0.201. The van der Waals surface area contributed by atoms with Crippen LogP contribution in [0.3, 0.4) is 0 Å². The molecule has 0 amide bonds. The number of rotatable bonds is 6. The Balaban J connectivity index is 1.60. The van der Waals surface area contributed by atoms with Crippen LogP contribution in [0.1, 0.15) is 29.8 Å². The van der Waals surface area contributed by atoms with Crippen LogP contribution >= 0.6 is 22.6 Å². The molecule has 0 spiro atoms. The van der Waals surface area contributed by atoms with E-state index in [1.165, 1.54) is 14.7 Å². The van der Waals surface area contributed by atoms with Gasteiger partial charge in [0.2, 0.25) is 0 Å². The summed E-state index contributed by atoms with van der Waals surface area (Å²) in [4.78, 5) is 16.4. The van der Waals surface area contributed by atoms with Crippen molar-refractivity contribution in [3.8, 4) is 0 Å². The molecule has 32 heavy (non-hydrogen) atoms. The number of esters is 1. The van der Waals surface area contributed by atoms with Gasteiger partial charge in [0, 0.05) is 3.57 Å². The van der Waals surface area contributed by atoms with Crippen molar-refractivity contribution in [1.29, 1.82) is 0 Å². The number of carbonyl (C=O) groups is 1. The summed E-state index contributed by atoms with van der Waals surface area (Å²) < 4.78 is 6.96. The lowest BCUT2D eigenvalue weighted by Gasteiger charge is -2.26. The molecule has 0 fully saturated rings. The predicted octanol–water partition coefficient (Wildman–Crippen LogP) is 7.48. The van der Waals surface area contributed by atoms with Crippen molar-refractivity contribution in [3.05, 3.63) is 124 Å². The van der Waals surface area contributed by atoms with E-state index in [2.05, 4.69) is 95.4 Å². The van der Waals surface area contributed by atoms with Crippen LogP contribution in [0.25, 0.3) is 0 Å². The van der Waals surface area contributed by atoms with Crippen molar-refractivity contribution in [2.75, 3.05) is 0 Å². The van der Waals surface area contributed by atoms with E-state index in [9.17, 15) is 4.79 Å². The van der Waals surface area contributed by atoms with E-state index < -0.39 is 5.60 Å². The van der Waals surface area contributed by atoms with E-state index >= 15 is 0 Å². The molecular weight excluding hydrogens is 527 g/mol. The zero-order chi connectivity index (χ0) is 22.6. The van der Waals surface area contributed by atoms with Gasteiger partial charge in [-0.3, -0.25) is 0 Å². The molecule has 0 aliphatic carbocycles. The van der Waals surface area contributed by atoms with Gasteiger partial charge in [-0.15, -0.1) is 0 Å². The molecule has 4 aromatic carbocycles. The van der Waals surface area contributed by atoms with Gasteiger partial charge in [-0.05, 0) is 103 Å². The Bertz CT molecular complexity index is 1130. The Morgan fingerprint density at radius 1 is 0.688 bits per heavy atom. The summed E-state index contributed by atoms with van der Waals surface area (Å²) in [5.41, 5.74) is 0.783. The van der Waals surface area contributed by atoms with Crippen molar-refractivity contribution in [1.82, 2.24) is 0 Å². The molecule has 0 aliphatic rings. The Hall–Kier alpha value is -2.57. The van der Waals surface area contributed by atoms with Crippen molar-refractivity contribution in [2.45, 2.75) is 34.1 Å². The summed E-state index contributed by atoms with van der Waals surface area (Å²) >= 11 is 2.22. The van der Waals surface area contributed by atoms with Gasteiger partial charge in [0.25, 0.3) is 0 Å². The minimum atomic E-state index is -0.739. The topological polar surface area (TPSA) is 26.3 Å². The minimum Gasteiger partial charge on any atom is -0.451 e. The van der Waals surface area contributed by atoms with Gasteiger partial charge in [0.15, 0.2) is 14.7 Å². The second-order valence-electron chi connectivity index (χ2n) is 7.86. The molecule has 4 rings (SSSR count). The van der Waals surface area contributed by atoms with Crippen LogP contribution in [0, 0.1) is 3.57 Å². The first kappa shape index (κ1) is 22.6. The first-order valence-corrected chi connectivity index (χ1v) is 12.7. The third kappa shape index (κ3) is 5.25. The van der Waals surface area contributed by atoms with Crippen LogP contribution < -0.4 is 0 Å². The van der Waals surface area contributed by atoms with Crippen molar-refractivity contribution in [2.24, 2.45) is 0 Å². The van der Waals surface area contributed by atoms with Gasteiger partial charge in [-0.2, -0.15) is 0 Å². The molecule has 0 radical (unpaired) electrons. The lowest BCUT2D eigenvalue weighted by Crippen LogP contribution is -2.25. The number of ether oxygens (including phenoxy) is 1. The molecule has 0 saturated heterocycles. The zero-order valence-electron chi connectivity index (χ0n) is 18.0. The number of hydrogen-bond donors (Lipinski definition) is 0. The van der Waals surface area contributed by atoms with Crippen LogP contribution in [0.5, 0.6) is 0 Å². The monoisotopic (exact) mass is 551 g/mol. The summed E-state index contributed by atoms with van der Waals surface area (Å²) in [6.45, 7) is 3.86. The Kier molecular flexibility index (Phi) is 7.01. The molecule has 4 heteroatoms. The molecule has 0 aliphatic heterocycles. The summed E-state index contributed by atoms with van der Waals surface area (Å²) in [5.74, 6) is -0.316. The van der Waals surface area contributed by atoms with E-state index in [4.69, 9.17) is 4.74 Å². The SMILES string of the molecule is CC(C)(OC(=O)c1ccc(I)cc1)c1ccc([S+](c2ccccc2)c2ccccc2)cc1. The third-order valence-electron chi connectivity index (χ3n) is 5.17. The van der Waals surface area contributed by atoms with Gasteiger partial charge >= 0.3 is 5.97 Å². The molecule has 160 valence electrons. The molecule has 0 saturated carbocycles. The number of hydrogen-bond acceptors (Lipinski definition) is 2. The first-order valence-electron chi connectivity index (χ1n) is 10.4.